The number of carbonyl (C=O) groups excluding carboxylic acids is 2. The molecule has 33 heavy (non-hydrogen) atoms. The van der Waals surface area contributed by atoms with Crippen LogP contribution in [-0.4, -0.2) is 51.9 Å². The molecule has 0 saturated carbocycles. The van der Waals surface area contributed by atoms with Crippen molar-refractivity contribution in [3.63, 3.8) is 0 Å². The van der Waals surface area contributed by atoms with E-state index in [4.69, 9.17) is 15.2 Å². The van der Waals surface area contributed by atoms with Gasteiger partial charge in [-0.15, -0.1) is 0 Å². The van der Waals surface area contributed by atoms with Crippen molar-refractivity contribution in [2.24, 2.45) is 5.73 Å². The first-order valence-electron chi connectivity index (χ1n) is 10.4. The molecule has 2 aromatic carbocycles. The Bertz CT molecular complexity index is 1220. The van der Waals surface area contributed by atoms with E-state index in [1.807, 2.05) is 35.2 Å². The summed E-state index contributed by atoms with van der Waals surface area (Å²) in [5, 5.41) is 0. The minimum atomic E-state index is -0.735. The van der Waals surface area contributed by atoms with Gasteiger partial charge in [-0.2, -0.15) is 4.98 Å². The monoisotopic (exact) mass is 443 g/mol. The van der Waals surface area contributed by atoms with Crippen LogP contribution < -0.4 is 20.1 Å². The lowest BCUT2D eigenvalue weighted by Crippen LogP contribution is -2.80. The van der Waals surface area contributed by atoms with E-state index in [1.165, 1.54) is 12.3 Å². The number of piperazine rings is 1. The number of benzene rings is 2. The molecule has 9 heteroatoms. The summed E-state index contributed by atoms with van der Waals surface area (Å²) in [5.74, 6) is 1.59. The number of amides is 2. The summed E-state index contributed by atoms with van der Waals surface area (Å²) in [6, 6.07) is 16.6. The number of nitrogens with zero attached hydrogens (tertiary/aromatic N) is 4. The number of hydrogen-bond acceptors (Lipinski definition) is 7. The average Bonchev–Trinajstić information content (AvgIpc) is 2.81. The minimum Gasteiger partial charge on any atom is -0.457 e. The molecule has 2 N–H and O–H groups in total. The van der Waals surface area contributed by atoms with Crippen LogP contribution in [0.5, 0.6) is 23.1 Å². The Kier molecular flexibility index (Phi) is 5.14. The fourth-order valence-electron chi connectivity index (χ4n) is 3.94. The second-order valence-corrected chi connectivity index (χ2v) is 7.72. The zero-order valence-electron chi connectivity index (χ0n) is 17.6. The van der Waals surface area contributed by atoms with Gasteiger partial charge in [0.2, 0.25) is 5.91 Å². The Morgan fingerprint density at radius 1 is 0.970 bits per heavy atom. The van der Waals surface area contributed by atoms with Crippen LogP contribution in [0.3, 0.4) is 0 Å². The summed E-state index contributed by atoms with van der Waals surface area (Å²) in [6.07, 6.45) is 2.82. The van der Waals surface area contributed by atoms with E-state index in [-0.39, 0.29) is 29.6 Å². The summed E-state index contributed by atoms with van der Waals surface area (Å²) in [4.78, 5) is 36.2. The Morgan fingerprint density at radius 2 is 1.64 bits per heavy atom. The quantitative estimate of drug-likeness (QED) is 0.559. The van der Waals surface area contributed by atoms with Crippen LogP contribution >= 0.6 is 0 Å². The summed E-state index contributed by atoms with van der Waals surface area (Å²) in [6.45, 7) is 4.75. The van der Waals surface area contributed by atoms with Gasteiger partial charge < -0.3 is 25.0 Å². The van der Waals surface area contributed by atoms with Crippen LogP contribution in [0.4, 0.5) is 5.82 Å². The van der Waals surface area contributed by atoms with E-state index in [1.54, 1.807) is 29.2 Å². The number of hydrogen-bond donors (Lipinski definition) is 1. The van der Waals surface area contributed by atoms with Gasteiger partial charge in [0.05, 0.1) is 18.3 Å². The number of carbonyl (C=O) groups is 2. The normalized spacial score (nSPS) is 18.4. The molecule has 2 atom stereocenters. The van der Waals surface area contributed by atoms with Crippen molar-refractivity contribution >= 4 is 17.6 Å². The van der Waals surface area contributed by atoms with Crippen LogP contribution in [0.2, 0.25) is 0 Å². The maximum Gasteiger partial charge on any atom is 0.272 e. The zero-order chi connectivity index (χ0) is 22.9. The van der Waals surface area contributed by atoms with Crippen molar-refractivity contribution in [1.82, 2.24) is 14.9 Å². The molecule has 2 aliphatic rings. The van der Waals surface area contributed by atoms with Gasteiger partial charge in [-0.05, 0) is 42.5 Å². The van der Waals surface area contributed by atoms with Crippen LogP contribution in [0.1, 0.15) is 10.5 Å². The molecule has 1 unspecified atom stereocenters. The number of fused-ring (bicyclic) bond motifs is 1. The van der Waals surface area contributed by atoms with Crippen molar-refractivity contribution in [1.29, 1.82) is 0 Å². The zero-order valence-corrected chi connectivity index (χ0v) is 17.6. The molecule has 2 amide bonds. The van der Waals surface area contributed by atoms with Crippen LogP contribution in [0.15, 0.2) is 73.4 Å². The maximum atomic E-state index is 11.9. The lowest BCUT2D eigenvalue weighted by molar-refractivity contribution is -0.138. The van der Waals surface area contributed by atoms with E-state index in [9.17, 15) is 9.59 Å². The molecule has 1 aromatic heterocycles. The largest absolute Gasteiger partial charge is 0.457 e. The standard InChI is InChI=1S/C24H21N5O4/c1-2-21(30)29-14-18-19(29)13-28(18)20-12-26-22(23(25)31)24(27-20)33-17-10-8-16(9-11-17)32-15-6-4-3-5-7-15/h2-12,18-19H,1,13-14H2,(H2,25,31)/t18-,19?/m1/s1. The van der Waals surface area contributed by atoms with Crippen molar-refractivity contribution in [2.45, 2.75) is 12.1 Å². The van der Waals surface area contributed by atoms with E-state index in [0.29, 0.717) is 30.4 Å². The molecule has 0 spiro atoms. The third-order valence-electron chi connectivity index (χ3n) is 5.74. The first-order valence-corrected chi connectivity index (χ1v) is 10.4. The average molecular weight is 443 g/mol. The smallest absolute Gasteiger partial charge is 0.272 e. The number of para-hydroxylation sites is 1. The molecule has 2 aliphatic heterocycles. The highest BCUT2D eigenvalue weighted by Crippen LogP contribution is 2.37. The second kappa shape index (κ2) is 8.27. The Hall–Kier alpha value is -4.40. The Balaban J connectivity index is 1.31. The molecule has 3 heterocycles. The molecule has 2 fully saturated rings. The summed E-state index contributed by atoms with van der Waals surface area (Å²) in [5.41, 5.74) is 5.41. The number of ether oxygens (including phenoxy) is 2. The highest BCUT2D eigenvalue weighted by molar-refractivity contribution is 5.93. The maximum absolute atomic E-state index is 11.9. The van der Waals surface area contributed by atoms with E-state index < -0.39 is 5.91 Å². The first-order chi connectivity index (χ1) is 16.0. The lowest BCUT2D eigenvalue weighted by atomic mass is 9.85. The minimum absolute atomic E-state index is 0.0264. The van der Waals surface area contributed by atoms with E-state index >= 15 is 0 Å². The van der Waals surface area contributed by atoms with Crippen molar-refractivity contribution in [3.8, 4) is 23.1 Å². The molecular weight excluding hydrogens is 422 g/mol. The second-order valence-electron chi connectivity index (χ2n) is 7.72. The number of primary amides is 1. The van der Waals surface area contributed by atoms with Gasteiger partial charge in [0.25, 0.3) is 11.8 Å². The van der Waals surface area contributed by atoms with E-state index in [0.717, 1.165) is 5.75 Å². The molecule has 0 aliphatic carbocycles. The van der Waals surface area contributed by atoms with Crippen LogP contribution in [0.25, 0.3) is 0 Å². The number of rotatable bonds is 7. The summed E-state index contributed by atoms with van der Waals surface area (Å²) in [7, 11) is 0. The number of aromatic nitrogens is 2. The Labute approximate surface area is 190 Å². The molecule has 5 rings (SSSR count). The first kappa shape index (κ1) is 20.5. The number of nitrogens with two attached hydrogens (primary N) is 1. The molecule has 2 saturated heterocycles. The third-order valence-corrected chi connectivity index (χ3v) is 5.74. The Morgan fingerprint density at radius 3 is 2.24 bits per heavy atom. The molecule has 0 bridgehead atoms. The molecular formula is C24H21N5O4. The number of likely N-dealkylation sites (tertiary alicyclic amines) is 1. The van der Waals surface area contributed by atoms with Gasteiger partial charge >= 0.3 is 0 Å². The molecule has 9 nitrogen and oxygen atoms in total. The molecule has 166 valence electrons. The molecule has 0 radical (unpaired) electrons. The highest BCUT2D eigenvalue weighted by atomic mass is 16.5. The predicted molar refractivity (Wildman–Crippen MR) is 120 cm³/mol. The summed E-state index contributed by atoms with van der Waals surface area (Å²) < 4.78 is 11.6. The highest BCUT2D eigenvalue weighted by Gasteiger charge is 2.53. The third kappa shape index (κ3) is 3.84. The number of anilines is 1. The van der Waals surface area contributed by atoms with Crippen molar-refractivity contribution in [3.05, 3.63) is 79.1 Å². The SMILES string of the molecule is C=CC(=O)N1C[C@@H]2C1CN2c1cnc(C(N)=O)c(Oc2ccc(Oc3ccccc3)cc2)n1. The van der Waals surface area contributed by atoms with Gasteiger partial charge in [0.1, 0.15) is 17.2 Å². The predicted octanol–water partition coefficient (Wildman–Crippen LogP) is 2.75. The van der Waals surface area contributed by atoms with Crippen LogP contribution in [0, 0.1) is 0 Å². The van der Waals surface area contributed by atoms with Crippen molar-refractivity contribution in [2.75, 3.05) is 18.0 Å². The fourth-order valence-corrected chi connectivity index (χ4v) is 3.94. The van der Waals surface area contributed by atoms with Gasteiger partial charge in [-0.25, -0.2) is 4.98 Å². The van der Waals surface area contributed by atoms with E-state index in [2.05, 4.69) is 16.5 Å². The van der Waals surface area contributed by atoms with Gasteiger partial charge in [-0.1, -0.05) is 24.8 Å². The molecule has 3 aromatic rings. The summed E-state index contributed by atoms with van der Waals surface area (Å²) >= 11 is 0. The van der Waals surface area contributed by atoms with Crippen molar-refractivity contribution < 1.29 is 19.1 Å². The van der Waals surface area contributed by atoms with Crippen LogP contribution in [-0.2, 0) is 4.79 Å². The fraction of sp³-hybridized carbons (Fsp3) is 0.167. The van der Waals surface area contributed by atoms with Gasteiger partial charge in [0.15, 0.2) is 11.5 Å². The van der Waals surface area contributed by atoms with Gasteiger partial charge in [0, 0.05) is 13.1 Å². The van der Waals surface area contributed by atoms with Gasteiger partial charge in [-0.3, -0.25) is 9.59 Å². The lowest BCUT2D eigenvalue weighted by Gasteiger charge is -2.61. The topological polar surface area (TPSA) is 111 Å².